The minimum absolute atomic E-state index is 0.275. The van der Waals surface area contributed by atoms with Crippen molar-refractivity contribution in [2.24, 2.45) is 5.10 Å². The molecule has 7 nitrogen and oxygen atoms in total. The number of halogens is 2. The summed E-state index contributed by atoms with van der Waals surface area (Å²) < 4.78 is 19.9. The zero-order valence-electron chi connectivity index (χ0n) is 22.1. The van der Waals surface area contributed by atoms with Gasteiger partial charge >= 0.3 is 0 Å². The first-order valence-electron chi connectivity index (χ1n) is 12.7. The van der Waals surface area contributed by atoms with E-state index in [1.54, 1.807) is 55.8 Å². The molecule has 0 fully saturated rings. The van der Waals surface area contributed by atoms with Crippen LogP contribution in [0, 0.1) is 10.5 Å². The van der Waals surface area contributed by atoms with Crippen molar-refractivity contribution in [1.29, 1.82) is 0 Å². The lowest BCUT2D eigenvalue weighted by atomic mass is 10.1. The lowest BCUT2D eigenvalue weighted by Crippen LogP contribution is -2.20. The Kier molecular flexibility index (Phi) is 7.51. The van der Waals surface area contributed by atoms with Crippen molar-refractivity contribution in [2.75, 3.05) is 7.11 Å². The van der Waals surface area contributed by atoms with E-state index in [0.717, 1.165) is 20.1 Å². The summed E-state index contributed by atoms with van der Waals surface area (Å²) in [4.78, 5) is 18.3. The summed E-state index contributed by atoms with van der Waals surface area (Å²) in [5.41, 5.74) is 3.81. The van der Waals surface area contributed by atoms with E-state index in [4.69, 9.17) is 30.5 Å². The number of nitrogens with zero attached hydrogens (tertiary/aromatic N) is 3. The van der Waals surface area contributed by atoms with Gasteiger partial charge in [0.05, 0.1) is 27.8 Å². The molecule has 2 aromatic heterocycles. The number of rotatable bonds is 7. The van der Waals surface area contributed by atoms with Gasteiger partial charge in [0.15, 0.2) is 17.3 Å². The molecule has 0 amide bonds. The number of aryl methyl sites for hydroxylation is 1. The van der Waals surface area contributed by atoms with Crippen molar-refractivity contribution >= 4 is 62.3 Å². The summed E-state index contributed by atoms with van der Waals surface area (Å²) in [7, 11) is 1.59. The highest BCUT2D eigenvalue weighted by atomic mass is 127. The molecule has 0 atom stereocenters. The number of hydrogen-bond acceptors (Lipinski definition) is 6. The van der Waals surface area contributed by atoms with Gasteiger partial charge in [-0.15, -0.1) is 0 Å². The molecule has 0 saturated carbocycles. The molecule has 0 N–H and O–H groups in total. The largest absolute Gasteiger partial charge is 0.493 e. The van der Waals surface area contributed by atoms with E-state index in [0.29, 0.717) is 45.4 Å². The molecule has 4 aromatic carbocycles. The first-order valence-corrected chi connectivity index (χ1v) is 14.2. The molecule has 0 aliphatic rings. The predicted molar refractivity (Wildman–Crippen MR) is 170 cm³/mol. The lowest BCUT2D eigenvalue weighted by Gasteiger charge is -2.14. The molecule has 0 unspecified atom stereocenters. The van der Waals surface area contributed by atoms with Crippen molar-refractivity contribution < 1.29 is 13.9 Å². The maximum absolute atomic E-state index is 13.6. The fourth-order valence-corrected chi connectivity index (χ4v) is 5.51. The van der Waals surface area contributed by atoms with Gasteiger partial charge in [0, 0.05) is 10.4 Å². The quantitative estimate of drug-likeness (QED) is 0.127. The minimum Gasteiger partial charge on any atom is -0.493 e. The topological polar surface area (TPSA) is 78.9 Å². The van der Waals surface area contributed by atoms with Crippen molar-refractivity contribution in [3.8, 4) is 23.1 Å². The Morgan fingerprint density at radius 2 is 1.90 bits per heavy atom. The lowest BCUT2D eigenvalue weighted by molar-refractivity contribution is 0.282. The Morgan fingerprint density at radius 1 is 1.05 bits per heavy atom. The highest BCUT2D eigenvalue weighted by Crippen LogP contribution is 2.34. The number of furan rings is 1. The van der Waals surface area contributed by atoms with Gasteiger partial charge in [-0.2, -0.15) is 9.78 Å². The van der Waals surface area contributed by atoms with Crippen LogP contribution >= 0.6 is 34.2 Å². The van der Waals surface area contributed by atoms with Gasteiger partial charge in [0.25, 0.3) is 5.56 Å². The summed E-state index contributed by atoms with van der Waals surface area (Å²) in [6.07, 6.45) is 1.59. The SMILES string of the molecule is COc1cc(C=Nn2c(-c3cc4cc(Cl)ccc4o3)nc3ccccc3c2=O)cc(I)c1OCc1cccc(C)c1. The van der Waals surface area contributed by atoms with Crippen LogP contribution < -0.4 is 15.0 Å². The smallest absolute Gasteiger partial charge is 0.282 e. The Morgan fingerprint density at radius 3 is 2.73 bits per heavy atom. The Labute approximate surface area is 254 Å². The second kappa shape index (κ2) is 11.4. The van der Waals surface area contributed by atoms with Gasteiger partial charge in [0.2, 0.25) is 5.82 Å². The Balaban J connectivity index is 1.40. The molecule has 6 rings (SSSR count). The van der Waals surface area contributed by atoms with E-state index in [1.165, 1.54) is 10.2 Å². The van der Waals surface area contributed by atoms with Gasteiger partial charge in [0.1, 0.15) is 12.2 Å². The molecular weight excluding hydrogens is 653 g/mol. The monoisotopic (exact) mass is 675 g/mol. The predicted octanol–water partition coefficient (Wildman–Crippen LogP) is 7.85. The van der Waals surface area contributed by atoms with Crippen LogP contribution in [0.25, 0.3) is 33.5 Å². The first kappa shape index (κ1) is 27.0. The van der Waals surface area contributed by atoms with Crippen molar-refractivity contribution in [3.05, 3.63) is 121 Å². The molecule has 2 heterocycles. The minimum atomic E-state index is -0.319. The summed E-state index contributed by atoms with van der Waals surface area (Å²) in [5, 5.41) is 6.40. The molecule has 0 aliphatic carbocycles. The molecular formula is C32H23ClIN3O4. The molecule has 0 radical (unpaired) electrons. The van der Waals surface area contributed by atoms with Gasteiger partial charge < -0.3 is 13.9 Å². The fourth-order valence-electron chi connectivity index (χ4n) is 4.55. The number of ether oxygens (including phenoxy) is 2. The van der Waals surface area contributed by atoms with E-state index in [2.05, 4.69) is 33.8 Å². The van der Waals surface area contributed by atoms with Crippen molar-refractivity contribution in [3.63, 3.8) is 0 Å². The second-order valence-electron chi connectivity index (χ2n) is 9.42. The van der Waals surface area contributed by atoms with Crippen LogP contribution in [0.15, 0.2) is 99.2 Å². The van der Waals surface area contributed by atoms with E-state index < -0.39 is 0 Å². The van der Waals surface area contributed by atoms with Crippen LogP contribution in [0.4, 0.5) is 0 Å². The fraction of sp³-hybridized carbons (Fsp3) is 0.0938. The average molecular weight is 676 g/mol. The Bertz CT molecular complexity index is 2020. The number of methoxy groups -OCH3 is 1. The normalized spacial score (nSPS) is 11.5. The van der Waals surface area contributed by atoms with E-state index >= 15 is 0 Å². The van der Waals surface area contributed by atoms with Crippen LogP contribution in [0.2, 0.25) is 5.02 Å². The summed E-state index contributed by atoms with van der Waals surface area (Å²) >= 11 is 8.39. The number of para-hydroxylation sites is 1. The molecule has 0 bridgehead atoms. The molecule has 204 valence electrons. The van der Waals surface area contributed by atoms with Crippen LogP contribution in [0.5, 0.6) is 11.5 Å². The molecule has 0 saturated heterocycles. The third-order valence-corrected chi connectivity index (χ3v) is 7.53. The van der Waals surface area contributed by atoms with Gasteiger partial charge in [-0.05, 0) is 89.2 Å². The molecule has 9 heteroatoms. The first-order chi connectivity index (χ1) is 19.9. The van der Waals surface area contributed by atoms with E-state index in [1.807, 2.05) is 43.3 Å². The molecule has 41 heavy (non-hydrogen) atoms. The Hall–Kier alpha value is -4.15. The second-order valence-corrected chi connectivity index (χ2v) is 11.0. The zero-order valence-corrected chi connectivity index (χ0v) is 25.0. The summed E-state index contributed by atoms with van der Waals surface area (Å²) in [6, 6.07) is 26.2. The maximum Gasteiger partial charge on any atom is 0.282 e. The standard InChI is InChI=1S/C32H23ClIN3O4/c1-19-6-5-7-20(12-19)18-40-30-25(34)13-21(14-28(30)39-2)17-35-37-31(36-26-9-4-3-8-24(26)32(37)38)29-16-22-15-23(33)10-11-27(22)41-29/h3-17H,18H2,1-2H3. The van der Waals surface area contributed by atoms with Gasteiger partial charge in [-0.25, -0.2) is 4.98 Å². The summed E-state index contributed by atoms with van der Waals surface area (Å²) in [6.45, 7) is 2.46. The van der Waals surface area contributed by atoms with Gasteiger partial charge in [-0.1, -0.05) is 53.6 Å². The van der Waals surface area contributed by atoms with Crippen LogP contribution in [0.3, 0.4) is 0 Å². The number of hydrogen-bond donors (Lipinski definition) is 0. The molecule has 0 spiro atoms. The summed E-state index contributed by atoms with van der Waals surface area (Å²) in [5.74, 6) is 1.87. The van der Waals surface area contributed by atoms with Crippen LogP contribution in [-0.2, 0) is 6.61 Å². The third-order valence-electron chi connectivity index (χ3n) is 6.49. The third kappa shape index (κ3) is 5.57. The molecule has 0 aliphatic heterocycles. The van der Waals surface area contributed by atoms with Crippen molar-refractivity contribution in [1.82, 2.24) is 9.66 Å². The van der Waals surface area contributed by atoms with Crippen LogP contribution in [-0.4, -0.2) is 23.0 Å². The number of aromatic nitrogens is 2. The number of benzene rings is 4. The van der Waals surface area contributed by atoms with Crippen molar-refractivity contribution in [2.45, 2.75) is 13.5 Å². The number of fused-ring (bicyclic) bond motifs is 2. The maximum atomic E-state index is 13.6. The van der Waals surface area contributed by atoms with Crippen LogP contribution in [0.1, 0.15) is 16.7 Å². The van der Waals surface area contributed by atoms with E-state index in [-0.39, 0.29) is 11.4 Å². The van der Waals surface area contributed by atoms with Gasteiger partial charge in [-0.3, -0.25) is 4.79 Å². The highest BCUT2D eigenvalue weighted by Gasteiger charge is 2.17. The highest BCUT2D eigenvalue weighted by molar-refractivity contribution is 14.1. The molecule has 6 aromatic rings. The zero-order chi connectivity index (χ0) is 28.5. The van der Waals surface area contributed by atoms with E-state index in [9.17, 15) is 4.79 Å². The average Bonchev–Trinajstić information content (AvgIpc) is 3.39.